The number of fused-ring (bicyclic) bond motifs is 1. The van der Waals surface area contributed by atoms with Gasteiger partial charge in [-0.1, -0.05) is 13.8 Å². The number of aromatic carboxylic acids is 1. The molecule has 0 fully saturated rings. The lowest BCUT2D eigenvalue weighted by Gasteiger charge is -2.09. The molecular formula is C12H11FN2O2. The van der Waals surface area contributed by atoms with Gasteiger partial charge in [0.1, 0.15) is 5.82 Å². The first kappa shape index (κ1) is 11.4. The van der Waals surface area contributed by atoms with E-state index in [9.17, 15) is 9.18 Å². The average molecular weight is 234 g/mol. The van der Waals surface area contributed by atoms with Crippen molar-refractivity contribution < 1.29 is 14.3 Å². The van der Waals surface area contributed by atoms with Crippen LogP contribution in [0.1, 0.15) is 36.1 Å². The number of carboxylic acid groups (broad SMARTS) is 1. The van der Waals surface area contributed by atoms with Gasteiger partial charge in [-0.2, -0.15) is 0 Å². The van der Waals surface area contributed by atoms with Crippen molar-refractivity contribution >= 4 is 16.9 Å². The van der Waals surface area contributed by atoms with Crippen molar-refractivity contribution in [1.29, 1.82) is 0 Å². The van der Waals surface area contributed by atoms with Crippen LogP contribution in [-0.4, -0.2) is 21.0 Å². The summed E-state index contributed by atoms with van der Waals surface area (Å²) in [5.74, 6) is -1.91. The second-order valence-corrected chi connectivity index (χ2v) is 4.05. The molecule has 2 aromatic rings. The zero-order valence-corrected chi connectivity index (χ0v) is 9.44. The Morgan fingerprint density at radius 1 is 1.35 bits per heavy atom. The summed E-state index contributed by atoms with van der Waals surface area (Å²) in [6, 6.07) is 4.11. The van der Waals surface area contributed by atoms with Crippen LogP contribution in [0.15, 0.2) is 18.2 Å². The highest BCUT2D eigenvalue weighted by Crippen LogP contribution is 2.23. The Kier molecular flexibility index (Phi) is 2.75. The summed E-state index contributed by atoms with van der Waals surface area (Å²) in [7, 11) is 0. The van der Waals surface area contributed by atoms with Crippen molar-refractivity contribution in [3.8, 4) is 0 Å². The third kappa shape index (κ3) is 2.08. The summed E-state index contributed by atoms with van der Waals surface area (Å²) in [6.45, 7) is 3.80. The summed E-state index contributed by atoms with van der Waals surface area (Å²) in [5, 5.41) is 9.59. The van der Waals surface area contributed by atoms with E-state index in [1.807, 2.05) is 13.8 Å². The fourth-order valence-electron chi connectivity index (χ4n) is 1.66. The molecule has 0 aliphatic rings. The molecule has 0 aliphatic heterocycles. The number of rotatable bonds is 2. The Morgan fingerprint density at radius 3 is 2.65 bits per heavy atom. The van der Waals surface area contributed by atoms with Gasteiger partial charge in [-0.15, -0.1) is 0 Å². The minimum Gasteiger partial charge on any atom is -0.475 e. The molecule has 1 heterocycles. The van der Waals surface area contributed by atoms with E-state index in [1.54, 1.807) is 6.07 Å². The maximum atomic E-state index is 13.1. The smallest absolute Gasteiger partial charge is 0.373 e. The van der Waals surface area contributed by atoms with E-state index in [-0.39, 0.29) is 11.7 Å². The van der Waals surface area contributed by atoms with Crippen LogP contribution in [0.2, 0.25) is 0 Å². The Bertz CT molecular complexity index is 596. The minimum atomic E-state index is -1.21. The van der Waals surface area contributed by atoms with E-state index in [1.165, 1.54) is 12.1 Å². The molecule has 2 rings (SSSR count). The SMILES string of the molecule is CC(C)c1nc(C(=O)O)nc2cc(F)ccc12. The molecule has 0 saturated carbocycles. The molecule has 0 amide bonds. The molecule has 4 nitrogen and oxygen atoms in total. The lowest BCUT2D eigenvalue weighted by molar-refractivity contribution is 0.0683. The first-order chi connectivity index (χ1) is 7.99. The predicted molar refractivity (Wildman–Crippen MR) is 60.5 cm³/mol. The molecule has 0 unspecified atom stereocenters. The lowest BCUT2D eigenvalue weighted by Crippen LogP contribution is -2.08. The summed E-state index contributed by atoms with van der Waals surface area (Å²) in [5.41, 5.74) is 0.938. The first-order valence-corrected chi connectivity index (χ1v) is 5.19. The molecule has 0 bridgehead atoms. The number of halogens is 1. The van der Waals surface area contributed by atoms with Gasteiger partial charge in [0.15, 0.2) is 0 Å². The zero-order chi connectivity index (χ0) is 12.6. The van der Waals surface area contributed by atoms with Gasteiger partial charge in [0.05, 0.1) is 11.2 Å². The van der Waals surface area contributed by atoms with Gasteiger partial charge in [0.25, 0.3) is 0 Å². The molecule has 0 radical (unpaired) electrons. The summed E-state index contributed by atoms with van der Waals surface area (Å²) >= 11 is 0. The number of benzene rings is 1. The highest BCUT2D eigenvalue weighted by atomic mass is 19.1. The zero-order valence-electron chi connectivity index (χ0n) is 9.44. The van der Waals surface area contributed by atoms with E-state index >= 15 is 0 Å². The van der Waals surface area contributed by atoms with Crippen molar-refractivity contribution in [2.75, 3.05) is 0 Å². The van der Waals surface area contributed by atoms with E-state index in [0.29, 0.717) is 16.6 Å². The van der Waals surface area contributed by atoms with Crippen LogP contribution < -0.4 is 0 Å². The Hall–Kier alpha value is -2.04. The van der Waals surface area contributed by atoms with E-state index < -0.39 is 11.8 Å². The Morgan fingerprint density at radius 2 is 2.06 bits per heavy atom. The van der Waals surface area contributed by atoms with Crippen molar-refractivity contribution in [1.82, 2.24) is 9.97 Å². The highest BCUT2D eigenvalue weighted by molar-refractivity contribution is 5.88. The van der Waals surface area contributed by atoms with Gasteiger partial charge in [-0.3, -0.25) is 0 Å². The van der Waals surface area contributed by atoms with Crippen LogP contribution >= 0.6 is 0 Å². The Labute approximate surface area is 97.1 Å². The number of aromatic nitrogens is 2. The molecule has 88 valence electrons. The van der Waals surface area contributed by atoms with Crippen LogP contribution in [-0.2, 0) is 0 Å². The average Bonchev–Trinajstić information content (AvgIpc) is 2.26. The van der Waals surface area contributed by atoms with Crippen LogP contribution in [0.5, 0.6) is 0 Å². The molecule has 0 spiro atoms. The number of carboxylic acids is 1. The number of nitrogens with zero attached hydrogens (tertiary/aromatic N) is 2. The molecule has 1 aromatic carbocycles. The molecule has 0 saturated heterocycles. The topological polar surface area (TPSA) is 63.1 Å². The molecule has 5 heteroatoms. The monoisotopic (exact) mass is 234 g/mol. The van der Waals surface area contributed by atoms with Gasteiger partial charge in [-0.25, -0.2) is 19.2 Å². The predicted octanol–water partition coefficient (Wildman–Crippen LogP) is 2.59. The minimum absolute atomic E-state index is 0.0454. The van der Waals surface area contributed by atoms with Crippen molar-refractivity contribution in [3.05, 3.63) is 35.5 Å². The molecular weight excluding hydrogens is 223 g/mol. The lowest BCUT2D eigenvalue weighted by atomic mass is 10.0. The van der Waals surface area contributed by atoms with Crippen LogP contribution in [0.4, 0.5) is 4.39 Å². The van der Waals surface area contributed by atoms with E-state index in [2.05, 4.69) is 9.97 Å². The number of carbonyl (C=O) groups is 1. The standard InChI is InChI=1S/C12H11FN2O2/c1-6(2)10-8-4-3-7(13)5-9(8)14-11(15-10)12(16)17/h3-6H,1-2H3,(H,16,17). The van der Waals surface area contributed by atoms with E-state index in [0.717, 1.165) is 0 Å². The van der Waals surface area contributed by atoms with Crippen molar-refractivity contribution in [2.24, 2.45) is 0 Å². The summed E-state index contributed by atoms with van der Waals surface area (Å²) in [6.07, 6.45) is 0. The van der Waals surface area contributed by atoms with Gasteiger partial charge in [0, 0.05) is 11.5 Å². The normalized spacial score (nSPS) is 11.1. The van der Waals surface area contributed by atoms with Crippen LogP contribution in [0, 0.1) is 5.82 Å². The Balaban J connectivity index is 2.81. The highest BCUT2D eigenvalue weighted by Gasteiger charge is 2.15. The summed E-state index contributed by atoms with van der Waals surface area (Å²) in [4.78, 5) is 18.7. The van der Waals surface area contributed by atoms with Gasteiger partial charge in [0.2, 0.25) is 5.82 Å². The molecule has 1 aromatic heterocycles. The van der Waals surface area contributed by atoms with Crippen LogP contribution in [0.3, 0.4) is 0 Å². The fraction of sp³-hybridized carbons (Fsp3) is 0.250. The largest absolute Gasteiger partial charge is 0.475 e. The quantitative estimate of drug-likeness (QED) is 0.867. The van der Waals surface area contributed by atoms with Gasteiger partial charge >= 0.3 is 5.97 Å². The number of hydrogen-bond donors (Lipinski definition) is 1. The molecule has 0 atom stereocenters. The maximum Gasteiger partial charge on any atom is 0.373 e. The van der Waals surface area contributed by atoms with E-state index in [4.69, 9.17) is 5.11 Å². The summed E-state index contributed by atoms with van der Waals surface area (Å²) < 4.78 is 13.1. The fourth-order valence-corrected chi connectivity index (χ4v) is 1.66. The molecule has 0 aliphatic carbocycles. The third-order valence-electron chi connectivity index (χ3n) is 2.43. The van der Waals surface area contributed by atoms with Crippen molar-refractivity contribution in [3.63, 3.8) is 0 Å². The van der Waals surface area contributed by atoms with Crippen LogP contribution in [0.25, 0.3) is 10.9 Å². The first-order valence-electron chi connectivity index (χ1n) is 5.19. The second kappa shape index (κ2) is 4.08. The van der Waals surface area contributed by atoms with Gasteiger partial charge in [-0.05, 0) is 18.1 Å². The third-order valence-corrected chi connectivity index (χ3v) is 2.43. The van der Waals surface area contributed by atoms with Gasteiger partial charge < -0.3 is 5.11 Å². The second-order valence-electron chi connectivity index (χ2n) is 4.05. The van der Waals surface area contributed by atoms with Crippen molar-refractivity contribution in [2.45, 2.75) is 19.8 Å². The number of hydrogen-bond acceptors (Lipinski definition) is 3. The molecule has 17 heavy (non-hydrogen) atoms. The molecule has 1 N–H and O–H groups in total. The maximum absolute atomic E-state index is 13.1.